The van der Waals surface area contributed by atoms with Crippen molar-refractivity contribution in [1.29, 1.82) is 0 Å². The van der Waals surface area contributed by atoms with Gasteiger partial charge in [0.2, 0.25) is 5.91 Å². The number of aliphatic hydroxyl groups excluding tert-OH is 2. The van der Waals surface area contributed by atoms with Crippen LogP contribution in [-0.4, -0.2) is 47.4 Å². The third-order valence-electron chi connectivity index (χ3n) is 19.2. The lowest BCUT2D eigenvalue weighted by atomic mass is 10.0. The number of carbonyl (C=O) groups is 2. The van der Waals surface area contributed by atoms with E-state index in [1.807, 2.05) is 6.08 Å². The molecule has 0 aliphatic rings. The maximum Gasteiger partial charge on any atom is 0.305 e. The second-order valence-corrected chi connectivity index (χ2v) is 28.1. The molecule has 6 heteroatoms. The fourth-order valence-electron chi connectivity index (χ4n) is 13.0. The molecular formula is C82H159NO5. The SMILES string of the molecule is CCCCCCCCC/C=C\CCCCCCCCCC(=O)OCCCCCCCCCCCCCCCCCCCCCCCCCCCCCCCCCCCCCC(=O)NC(CO)C(O)/C=C/CCCCCCCCCCCCCCCCCC. The van der Waals surface area contributed by atoms with Gasteiger partial charge in [0, 0.05) is 12.8 Å². The second-order valence-electron chi connectivity index (χ2n) is 28.1. The highest BCUT2D eigenvalue weighted by Crippen LogP contribution is 2.20. The van der Waals surface area contributed by atoms with Crippen molar-refractivity contribution in [2.75, 3.05) is 13.2 Å². The molecule has 0 aliphatic carbocycles. The largest absolute Gasteiger partial charge is 0.466 e. The van der Waals surface area contributed by atoms with Gasteiger partial charge in [0.25, 0.3) is 0 Å². The zero-order valence-electron chi connectivity index (χ0n) is 60.0. The van der Waals surface area contributed by atoms with Crippen LogP contribution in [0.2, 0.25) is 0 Å². The van der Waals surface area contributed by atoms with Gasteiger partial charge in [-0.3, -0.25) is 9.59 Å². The molecule has 0 heterocycles. The molecule has 522 valence electrons. The number of allylic oxidation sites excluding steroid dienone is 3. The van der Waals surface area contributed by atoms with Crippen LogP contribution < -0.4 is 5.32 Å². The first kappa shape index (κ1) is 86.3. The van der Waals surface area contributed by atoms with E-state index in [4.69, 9.17) is 4.74 Å². The van der Waals surface area contributed by atoms with Gasteiger partial charge in [-0.2, -0.15) is 0 Å². The topological polar surface area (TPSA) is 95.9 Å². The van der Waals surface area contributed by atoms with E-state index in [9.17, 15) is 19.8 Å². The van der Waals surface area contributed by atoms with Crippen LogP contribution in [0.4, 0.5) is 0 Å². The highest BCUT2D eigenvalue weighted by molar-refractivity contribution is 5.76. The number of amides is 1. The molecule has 3 N–H and O–H groups in total. The average Bonchev–Trinajstić information content (AvgIpc) is 3.58. The minimum atomic E-state index is -0.841. The summed E-state index contributed by atoms with van der Waals surface area (Å²) in [5.74, 6) is -0.0379. The lowest BCUT2D eigenvalue weighted by molar-refractivity contribution is -0.143. The third kappa shape index (κ3) is 73.4. The van der Waals surface area contributed by atoms with Gasteiger partial charge >= 0.3 is 5.97 Å². The van der Waals surface area contributed by atoms with E-state index < -0.39 is 12.1 Å². The van der Waals surface area contributed by atoms with E-state index in [1.54, 1.807) is 6.08 Å². The van der Waals surface area contributed by atoms with E-state index >= 15 is 0 Å². The third-order valence-corrected chi connectivity index (χ3v) is 19.2. The molecule has 0 radical (unpaired) electrons. The van der Waals surface area contributed by atoms with Crippen molar-refractivity contribution in [3.8, 4) is 0 Å². The number of hydrogen-bond acceptors (Lipinski definition) is 5. The molecule has 1 amide bonds. The van der Waals surface area contributed by atoms with Crippen LogP contribution in [0.5, 0.6) is 0 Å². The first-order chi connectivity index (χ1) is 43.5. The maximum absolute atomic E-state index is 12.5. The van der Waals surface area contributed by atoms with Gasteiger partial charge in [0.15, 0.2) is 0 Å². The lowest BCUT2D eigenvalue weighted by Crippen LogP contribution is -2.45. The number of nitrogens with one attached hydrogen (secondary N) is 1. The summed E-state index contributed by atoms with van der Waals surface area (Å²) in [5, 5.41) is 23.3. The molecule has 0 rings (SSSR count). The van der Waals surface area contributed by atoms with Crippen LogP contribution in [0.15, 0.2) is 24.3 Å². The molecule has 88 heavy (non-hydrogen) atoms. The fraction of sp³-hybridized carbons (Fsp3) is 0.927. The van der Waals surface area contributed by atoms with Crippen molar-refractivity contribution < 1.29 is 24.5 Å². The number of aliphatic hydroxyl groups is 2. The van der Waals surface area contributed by atoms with Gasteiger partial charge in [0.1, 0.15) is 0 Å². The van der Waals surface area contributed by atoms with Crippen molar-refractivity contribution in [3.05, 3.63) is 24.3 Å². The number of rotatable bonds is 77. The van der Waals surface area contributed by atoms with Crippen molar-refractivity contribution in [2.45, 2.75) is 475 Å². The molecule has 0 aromatic heterocycles. The Balaban J connectivity index is 3.32. The number of carbonyl (C=O) groups excluding carboxylic acids is 2. The Morgan fingerprint density at radius 1 is 0.307 bits per heavy atom. The Kier molecular flexibility index (Phi) is 76.3. The Hall–Kier alpha value is -1.66. The molecule has 0 saturated heterocycles. The maximum atomic E-state index is 12.5. The average molecular weight is 1240 g/mol. The predicted octanol–water partition coefficient (Wildman–Crippen LogP) is 26.8. The van der Waals surface area contributed by atoms with Crippen LogP contribution in [0.3, 0.4) is 0 Å². The molecule has 0 bridgehead atoms. The molecule has 2 unspecified atom stereocenters. The number of ether oxygens (including phenoxy) is 1. The van der Waals surface area contributed by atoms with Crippen molar-refractivity contribution in [1.82, 2.24) is 5.32 Å². The number of unbranched alkanes of at least 4 members (excludes halogenated alkanes) is 64. The van der Waals surface area contributed by atoms with Gasteiger partial charge < -0.3 is 20.3 Å². The fourth-order valence-corrected chi connectivity index (χ4v) is 13.0. The Bertz CT molecular complexity index is 1380. The highest BCUT2D eigenvalue weighted by atomic mass is 16.5. The normalized spacial score (nSPS) is 12.5. The van der Waals surface area contributed by atoms with Crippen LogP contribution in [0.1, 0.15) is 463 Å². The van der Waals surface area contributed by atoms with Gasteiger partial charge in [0.05, 0.1) is 25.4 Å². The van der Waals surface area contributed by atoms with Crippen LogP contribution >= 0.6 is 0 Å². The predicted molar refractivity (Wildman–Crippen MR) is 389 cm³/mol. The number of hydrogen-bond donors (Lipinski definition) is 3. The smallest absolute Gasteiger partial charge is 0.305 e. The van der Waals surface area contributed by atoms with E-state index in [-0.39, 0.29) is 18.5 Å². The van der Waals surface area contributed by atoms with Crippen LogP contribution in [0.25, 0.3) is 0 Å². The van der Waals surface area contributed by atoms with Crippen molar-refractivity contribution >= 4 is 11.9 Å². The highest BCUT2D eigenvalue weighted by Gasteiger charge is 2.18. The Labute approximate surface area is 551 Å². The zero-order valence-corrected chi connectivity index (χ0v) is 60.0. The minimum absolute atomic E-state index is 0.0205. The van der Waals surface area contributed by atoms with Gasteiger partial charge in [-0.05, 0) is 57.8 Å². The van der Waals surface area contributed by atoms with E-state index in [0.717, 1.165) is 38.5 Å². The molecule has 0 fully saturated rings. The summed E-state index contributed by atoms with van der Waals surface area (Å²) >= 11 is 0. The standard InChI is InChI=1S/C82H159NO5/c1-3-5-7-9-11-13-15-17-19-21-42-46-50-54-58-62-66-70-74-80(85)79(78-84)83-81(86)75-71-67-63-59-55-51-47-43-40-38-36-34-32-30-28-26-24-23-25-27-29-31-33-35-37-39-41-45-49-53-57-61-65-69-73-77-88-82(87)76-72-68-64-60-56-52-48-44-22-20-18-16-14-12-10-8-6-4-2/h20,22,70,74,79-80,84-85H,3-19,21,23-69,71-73,75-78H2,1-2H3,(H,83,86)/b22-20-,74-70+. The molecule has 0 aliphatic heterocycles. The minimum Gasteiger partial charge on any atom is -0.466 e. The van der Waals surface area contributed by atoms with E-state index in [2.05, 4.69) is 31.3 Å². The van der Waals surface area contributed by atoms with E-state index in [1.165, 1.54) is 398 Å². The lowest BCUT2D eigenvalue weighted by Gasteiger charge is -2.20. The molecule has 6 nitrogen and oxygen atoms in total. The second kappa shape index (κ2) is 77.8. The summed E-state index contributed by atoms with van der Waals surface area (Å²) in [6.45, 7) is 4.95. The molecule has 2 atom stereocenters. The first-order valence-electron chi connectivity index (χ1n) is 40.6. The van der Waals surface area contributed by atoms with Crippen LogP contribution in [0, 0.1) is 0 Å². The summed E-state index contributed by atoms with van der Waals surface area (Å²) in [4.78, 5) is 24.6. The summed E-state index contributed by atoms with van der Waals surface area (Å²) in [7, 11) is 0. The zero-order chi connectivity index (χ0) is 63.5. The van der Waals surface area contributed by atoms with Gasteiger partial charge in [-0.15, -0.1) is 0 Å². The summed E-state index contributed by atoms with van der Waals surface area (Å²) in [6.07, 6.45) is 100. The van der Waals surface area contributed by atoms with Crippen molar-refractivity contribution in [2.24, 2.45) is 0 Å². The summed E-state index contributed by atoms with van der Waals surface area (Å²) in [5.41, 5.74) is 0. The first-order valence-corrected chi connectivity index (χ1v) is 40.6. The van der Waals surface area contributed by atoms with Crippen LogP contribution in [-0.2, 0) is 14.3 Å². The molecule has 0 aromatic carbocycles. The Morgan fingerprint density at radius 2 is 0.534 bits per heavy atom. The van der Waals surface area contributed by atoms with Gasteiger partial charge in [-0.1, -0.05) is 417 Å². The quantitative estimate of drug-likeness (QED) is 0.0320. The Morgan fingerprint density at radius 3 is 0.807 bits per heavy atom. The molecule has 0 aromatic rings. The summed E-state index contributed by atoms with van der Waals surface area (Å²) in [6, 6.07) is -0.624. The van der Waals surface area contributed by atoms with E-state index in [0.29, 0.717) is 19.4 Å². The van der Waals surface area contributed by atoms with Gasteiger partial charge in [-0.25, -0.2) is 0 Å². The molecule has 0 saturated carbocycles. The number of esters is 1. The monoisotopic (exact) mass is 1240 g/mol. The summed E-state index contributed by atoms with van der Waals surface area (Å²) < 4.78 is 5.52. The van der Waals surface area contributed by atoms with Crippen molar-refractivity contribution in [3.63, 3.8) is 0 Å². The molecule has 0 spiro atoms. The molecular weight excluding hydrogens is 1080 g/mol.